The number of hydrogen-bond acceptors (Lipinski definition) is 1. The summed E-state index contributed by atoms with van der Waals surface area (Å²) in [5, 5.41) is 0. The molecule has 1 fully saturated rings. The van der Waals surface area contributed by atoms with E-state index in [-0.39, 0.29) is 5.82 Å². The number of benzene rings is 1. The molecule has 1 atom stereocenters. The fourth-order valence-corrected chi connectivity index (χ4v) is 2.32. The van der Waals surface area contributed by atoms with Crippen LogP contribution in [0.2, 0.25) is 0 Å². The van der Waals surface area contributed by atoms with E-state index >= 15 is 0 Å². The van der Waals surface area contributed by atoms with Crippen molar-refractivity contribution in [2.75, 3.05) is 13.1 Å². The van der Waals surface area contributed by atoms with Crippen molar-refractivity contribution in [2.24, 2.45) is 0 Å². The summed E-state index contributed by atoms with van der Waals surface area (Å²) in [6, 6.07) is 6.81. The van der Waals surface area contributed by atoms with Crippen molar-refractivity contribution >= 4 is 0 Å². The normalized spacial score (nSPS) is 19.6. The average molecular weight is 245 g/mol. The summed E-state index contributed by atoms with van der Waals surface area (Å²) in [6.07, 6.45) is 4.88. The Morgan fingerprint density at radius 2 is 2.11 bits per heavy atom. The molecule has 0 N–H and O–H groups in total. The second-order valence-electron chi connectivity index (χ2n) is 4.82. The summed E-state index contributed by atoms with van der Waals surface area (Å²) in [6.45, 7) is 4.54. The maximum atomic E-state index is 12.8. The Bertz CT molecular complexity index is 427. The van der Waals surface area contributed by atoms with Crippen molar-refractivity contribution in [3.63, 3.8) is 0 Å². The van der Waals surface area contributed by atoms with Crippen molar-refractivity contribution < 1.29 is 4.39 Å². The van der Waals surface area contributed by atoms with Crippen LogP contribution >= 0.6 is 0 Å². The lowest BCUT2D eigenvalue weighted by Gasteiger charge is -2.19. The Morgan fingerprint density at radius 1 is 1.33 bits per heavy atom. The molecule has 1 nitrogen and oxygen atoms in total. The van der Waals surface area contributed by atoms with E-state index in [4.69, 9.17) is 0 Å². The number of halogens is 1. The van der Waals surface area contributed by atoms with Crippen LogP contribution in [0.3, 0.4) is 0 Å². The van der Waals surface area contributed by atoms with Crippen LogP contribution in [0, 0.1) is 17.7 Å². The molecule has 0 amide bonds. The van der Waals surface area contributed by atoms with Gasteiger partial charge in [-0.1, -0.05) is 25.2 Å². The van der Waals surface area contributed by atoms with Gasteiger partial charge >= 0.3 is 0 Å². The van der Waals surface area contributed by atoms with Crippen LogP contribution in [0.4, 0.5) is 4.39 Å². The monoisotopic (exact) mass is 245 g/mol. The zero-order valence-corrected chi connectivity index (χ0v) is 11.0. The molecule has 1 aromatic carbocycles. The molecule has 1 aliphatic heterocycles. The molecule has 0 bridgehead atoms. The first-order valence-corrected chi connectivity index (χ1v) is 6.81. The third-order valence-corrected chi connectivity index (χ3v) is 3.39. The van der Waals surface area contributed by atoms with Crippen molar-refractivity contribution in [3.05, 3.63) is 35.6 Å². The average Bonchev–Trinajstić information content (AvgIpc) is 2.83. The minimum Gasteiger partial charge on any atom is -0.290 e. The summed E-state index contributed by atoms with van der Waals surface area (Å²) in [5.74, 6) is 6.29. The van der Waals surface area contributed by atoms with Crippen LogP contribution in [0.25, 0.3) is 0 Å². The van der Waals surface area contributed by atoms with E-state index in [1.807, 2.05) is 0 Å². The van der Waals surface area contributed by atoms with E-state index in [2.05, 4.69) is 23.7 Å². The lowest BCUT2D eigenvalue weighted by molar-refractivity contribution is 0.291. The van der Waals surface area contributed by atoms with Gasteiger partial charge in [0, 0.05) is 5.56 Å². The molecule has 0 saturated carbocycles. The van der Waals surface area contributed by atoms with Crippen molar-refractivity contribution in [1.82, 2.24) is 4.90 Å². The summed E-state index contributed by atoms with van der Waals surface area (Å²) >= 11 is 0. The standard InChI is InChI=1S/C16H20FN/c1-2-3-12-18-13-4-5-16(18)11-8-14-6-9-15(17)10-7-14/h6-7,9-10,16H,2-5,12-13H2,1H3. The van der Waals surface area contributed by atoms with E-state index in [1.54, 1.807) is 12.1 Å². The molecule has 1 heterocycles. The third-order valence-electron chi connectivity index (χ3n) is 3.39. The molecule has 0 spiro atoms. The topological polar surface area (TPSA) is 3.24 Å². The molecular formula is C16H20FN. The van der Waals surface area contributed by atoms with Gasteiger partial charge in [-0.3, -0.25) is 4.90 Å². The molecule has 0 aromatic heterocycles. The predicted molar refractivity (Wildman–Crippen MR) is 72.8 cm³/mol. The Kier molecular flexibility index (Phi) is 4.78. The van der Waals surface area contributed by atoms with Crippen LogP contribution in [0.15, 0.2) is 24.3 Å². The highest BCUT2D eigenvalue weighted by Crippen LogP contribution is 2.17. The van der Waals surface area contributed by atoms with Gasteiger partial charge in [0.15, 0.2) is 0 Å². The van der Waals surface area contributed by atoms with E-state index in [0.29, 0.717) is 6.04 Å². The van der Waals surface area contributed by atoms with Crippen LogP contribution in [-0.2, 0) is 0 Å². The van der Waals surface area contributed by atoms with Gasteiger partial charge < -0.3 is 0 Å². The largest absolute Gasteiger partial charge is 0.290 e. The number of hydrogen-bond donors (Lipinski definition) is 0. The highest BCUT2D eigenvalue weighted by molar-refractivity contribution is 5.35. The van der Waals surface area contributed by atoms with Gasteiger partial charge in [-0.05, 0) is 56.6 Å². The molecule has 0 aliphatic carbocycles. The summed E-state index contributed by atoms with van der Waals surface area (Å²) in [5.41, 5.74) is 0.902. The van der Waals surface area contributed by atoms with Crippen molar-refractivity contribution in [3.8, 4) is 11.8 Å². The smallest absolute Gasteiger partial charge is 0.123 e. The van der Waals surface area contributed by atoms with Gasteiger partial charge in [0.05, 0.1) is 6.04 Å². The summed E-state index contributed by atoms with van der Waals surface area (Å²) in [4.78, 5) is 2.47. The molecule has 1 aromatic rings. The zero-order chi connectivity index (χ0) is 12.8. The third kappa shape index (κ3) is 3.58. The van der Waals surface area contributed by atoms with Crippen molar-refractivity contribution in [2.45, 2.75) is 38.6 Å². The second-order valence-corrected chi connectivity index (χ2v) is 4.82. The lowest BCUT2D eigenvalue weighted by atomic mass is 10.1. The van der Waals surface area contributed by atoms with Gasteiger partial charge in [-0.15, -0.1) is 0 Å². The maximum absolute atomic E-state index is 12.8. The highest BCUT2D eigenvalue weighted by atomic mass is 19.1. The van der Waals surface area contributed by atoms with E-state index in [9.17, 15) is 4.39 Å². The first-order valence-electron chi connectivity index (χ1n) is 6.81. The Hall–Kier alpha value is -1.33. The van der Waals surface area contributed by atoms with E-state index < -0.39 is 0 Å². The zero-order valence-electron chi connectivity index (χ0n) is 11.0. The molecule has 18 heavy (non-hydrogen) atoms. The van der Waals surface area contributed by atoms with E-state index in [0.717, 1.165) is 18.5 Å². The fraction of sp³-hybridized carbons (Fsp3) is 0.500. The minimum atomic E-state index is -0.203. The Morgan fingerprint density at radius 3 is 2.83 bits per heavy atom. The van der Waals surface area contributed by atoms with Crippen LogP contribution in [0.1, 0.15) is 38.2 Å². The molecule has 1 unspecified atom stereocenters. The van der Waals surface area contributed by atoms with Crippen molar-refractivity contribution in [1.29, 1.82) is 0 Å². The SMILES string of the molecule is CCCCN1CCCC1C#Cc1ccc(F)cc1. The maximum Gasteiger partial charge on any atom is 0.123 e. The number of nitrogens with zero attached hydrogens (tertiary/aromatic N) is 1. The second kappa shape index (κ2) is 6.56. The molecule has 96 valence electrons. The first-order chi connectivity index (χ1) is 8.79. The summed E-state index contributed by atoms with van der Waals surface area (Å²) in [7, 11) is 0. The summed E-state index contributed by atoms with van der Waals surface area (Å²) < 4.78 is 12.8. The van der Waals surface area contributed by atoms with Crippen LogP contribution in [0.5, 0.6) is 0 Å². The molecule has 1 saturated heterocycles. The number of likely N-dealkylation sites (tertiary alicyclic amines) is 1. The van der Waals surface area contributed by atoms with Gasteiger partial charge in [-0.25, -0.2) is 4.39 Å². The van der Waals surface area contributed by atoms with Gasteiger partial charge in [0.25, 0.3) is 0 Å². The van der Waals surface area contributed by atoms with Crippen LogP contribution < -0.4 is 0 Å². The molecule has 0 radical (unpaired) electrons. The van der Waals surface area contributed by atoms with Crippen LogP contribution in [-0.4, -0.2) is 24.0 Å². The molecular weight excluding hydrogens is 225 g/mol. The highest BCUT2D eigenvalue weighted by Gasteiger charge is 2.21. The van der Waals surface area contributed by atoms with Gasteiger partial charge in [0.1, 0.15) is 5.82 Å². The molecule has 2 heteroatoms. The minimum absolute atomic E-state index is 0.203. The predicted octanol–water partition coefficient (Wildman–Crippen LogP) is 3.44. The number of unbranched alkanes of at least 4 members (excludes halogenated alkanes) is 1. The Labute approximate surface area is 109 Å². The fourth-order valence-electron chi connectivity index (χ4n) is 2.32. The van der Waals surface area contributed by atoms with Gasteiger partial charge in [-0.2, -0.15) is 0 Å². The van der Waals surface area contributed by atoms with E-state index in [1.165, 1.54) is 37.9 Å². The quantitative estimate of drug-likeness (QED) is 0.737. The Balaban J connectivity index is 1.97. The van der Waals surface area contributed by atoms with Gasteiger partial charge in [0.2, 0.25) is 0 Å². The molecule has 2 rings (SSSR count). The first kappa shape index (κ1) is 13.1. The number of rotatable bonds is 3. The molecule has 1 aliphatic rings. The lowest BCUT2D eigenvalue weighted by Crippen LogP contribution is -2.29.